The van der Waals surface area contributed by atoms with E-state index in [9.17, 15) is 4.79 Å². The van der Waals surface area contributed by atoms with Crippen LogP contribution in [0.1, 0.15) is 18.4 Å². The van der Waals surface area contributed by atoms with Gasteiger partial charge in [-0.2, -0.15) is 0 Å². The molecule has 5 heteroatoms. The van der Waals surface area contributed by atoms with E-state index in [4.69, 9.17) is 11.6 Å². The number of hydrogen-bond acceptors (Lipinski definition) is 3. The smallest absolute Gasteiger partial charge is 0.227 e. The number of anilines is 2. The molecular formula is C16H16ClN3O. The fourth-order valence-corrected chi connectivity index (χ4v) is 2.08. The number of rotatable bonds is 5. The van der Waals surface area contributed by atoms with Gasteiger partial charge in [-0.05, 0) is 42.7 Å². The first-order valence-corrected chi connectivity index (χ1v) is 7.34. The van der Waals surface area contributed by atoms with Crippen molar-refractivity contribution in [2.45, 2.75) is 19.4 Å². The Hall–Kier alpha value is -2.07. The Labute approximate surface area is 128 Å². The standard InChI is InChI=1S/C16H16ClN3O/c17-13-5-1-11(2-6-13)9-18-15-8-7-14(10-19-15)20-16(21)12-3-4-12/h1-2,5-8,10,12H,3-4,9H2,(H,18,19)(H,20,21). The van der Waals surface area contributed by atoms with Gasteiger partial charge in [-0.15, -0.1) is 0 Å². The largest absolute Gasteiger partial charge is 0.366 e. The number of amides is 1. The van der Waals surface area contributed by atoms with Crippen LogP contribution < -0.4 is 10.6 Å². The zero-order chi connectivity index (χ0) is 14.7. The van der Waals surface area contributed by atoms with Crippen molar-refractivity contribution in [1.82, 2.24) is 4.98 Å². The summed E-state index contributed by atoms with van der Waals surface area (Å²) in [5, 5.41) is 6.83. The molecule has 1 aliphatic carbocycles. The minimum absolute atomic E-state index is 0.0960. The van der Waals surface area contributed by atoms with Gasteiger partial charge >= 0.3 is 0 Å². The third-order valence-corrected chi connectivity index (χ3v) is 3.62. The first-order chi connectivity index (χ1) is 10.2. The molecule has 4 nitrogen and oxygen atoms in total. The summed E-state index contributed by atoms with van der Waals surface area (Å²) in [6.45, 7) is 0.679. The number of carbonyl (C=O) groups is 1. The third kappa shape index (κ3) is 3.95. The Bertz CT molecular complexity index is 621. The zero-order valence-electron chi connectivity index (χ0n) is 11.5. The first kappa shape index (κ1) is 13.9. The molecule has 1 heterocycles. The van der Waals surface area contributed by atoms with Gasteiger partial charge in [0, 0.05) is 17.5 Å². The lowest BCUT2D eigenvalue weighted by Crippen LogP contribution is -2.13. The molecule has 2 N–H and O–H groups in total. The van der Waals surface area contributed by atoms with Gasteiger partial charge in [0.25, 0.3) is 0 Å². The molecule has 3 rings (SSSR count). The molecular weight excluding hydrogens is 286 g/mol. The fourth-order valence-electron chi connectivity index (χ4n) is 1.96. The van der Waals surface area contributed by atoms with Gasteiger partial charge in [0.1, 0.15) is 5.82 Å². The van der Waals surface area contributed by atoms with E-state index in [1.165, 1.54) is 0 Å². The number of nitrogens with zero attached hydrogens (tertiary/aromatic N) is 1. The lowest BCUT2D eigenvalue weighted by Gasteiger charge is -2.08. The van der Waals surface area contributed by atoms with Gasteiger partial charge in [0.15, 0.2) is 0 Å². The van der Waals surface area contributed by atoms with Crippen molar-refractivity contribution < 1.29 is 4.79 Å². The topological polar surface area (TPSA) is 54.0 Å². The van der Waals surface area contributed by atoms with Crippen molar-refractivity contribution >= 4 is 29.0 Å². The first-order valence-electron chi connectivity index (χ1n) is 6.96. The summed E-state index contributed by atoms with van der Waals surface area (Å²) < 4.78 is 0. The lowest BCUT2D eigenvalue weighted by molar-refractivity contribution is -0.117. The second kappa shape index (κ2) is 6.14. The zero-order valence-corrected chi connectivity index (χ0v) is 12.2. The summed E-state index contributed by atoms with van der Waals surface area (Å²) in [6.07, 6.45) is 3.67. The molecule has 2 aromatic rings. The SMILES string of the molecule is O=C(Nc1ccc(NCc2ccc(Cl)cc2)nc1)C1CC1. The molecule has 0 saturated heterocycles. The minimum atomic E-state index is 0.0960. The molecule has 1 fully saturated rings. The molecule has 1 saturated carbocycles. The molecule has 0 atom stereocenters. The van der Waals surface area contributed by atoms with Crippen molar-refractivity contribution in [3.05, 3.63) is 53.2 Å². The van der Waals surface area contributed by atoms with E-state index in [0.717, 1.165) is 34.9 Å². The van der Waals surface area contributed by atoms with Crippen LogP contribution in [0, 0.1) is 5.92 Å². The van der Waals surface area contributed by atoms with E-state index in [1.54, 1.807) is 6.20 Å². The average Bonchev–Trinajstić information content (AvgIpc) is 3.33. The maximum absolute atomic E-state index is 11.6. The highest BCUT2D eigenvalue weighted by Crippen LogP contribution is 2.30. The molecule has 1 aromatic heterocycles. The minimum Gasteiger partial charge on any atom is -0.366 e. The second-order valence-corrected chi connectivity index (χ2v) is 5.61. The Balaban J connectivity index is 1.54. The lowest BCUT2D eigenvalue weighted by atomic mass is 10.2. The van der Waals surface area contributed by atoms with Gasteiger partial charge < -0.3 is 10.6 Å². The van der Waals surface area contributed by atoms with Crippen LogP contribution in [-0.2, 0) is 11.3 Å². The van der Waals surface area contributed by atoms with E-state index in [1.807, 2.05) is 36.4 Å². The highest BCUT2D eigenvalue weighted by Gasteiger charge is 2.29. The van der Waals surface area contributed by atoms with E-state index in [0.29, 0.717) is 6.54 Å². The number of pyridine rings is 1. The number of halogens is 1. The van der Waals surface area contributed by atoms with Crippen molar-refractivity contribution in [2.75, 3.05) is 10.6 Å². The molecule has 0 bridgehead atoms. The Kier molecular flexibility index (Phi) is 4.06. The third-order valence-electron chi connectivity index (χ3n) is 3.37. The highest BCUT2D eigenvalue weighted by atomic mass is 35.5. The Morgan fingerprint density at radius 1 is 1.19 bits per heavy atom. The van der Waals surface area contributed by atoms with Gasteiger partial charge in [-0.3, -0.25) is 4.79 Å². The van der Waals surface area contributed by atoms with Crippen LogP contribution in [0.3, 0.4) is 0 Å². The van der Waals surface area contributed by atoms with Gasteiger partial charge in [0.05, 0.1) is 11.9 Å². The summed E-state index contributed by atoms with van der Waals surface area (Å²) in [4.78, 5) is 15.9. The molecule has 21 heavy (non-hydrogen) atoms. The predicted molar refractivity (Wildman–Crippen MR) is 84.4 cm³/mol. The van der Waals surface area contributed by atoms with Crippen LogP contribution in [-0.4, -0.2) is 10.9 Å². The van der Waals surface area contributed by atoms with Crippen molar-refractivity contribution in [3.8, 4) is 0 Å². The number of benzene rings is 1. The van der Waals surface area contributed by atoms with E-state index in [-0.39, 0.29) is 11.8 Å². The van der Waals surface area contributed by atoms with Crippen LogP contribution in [0.2, 0.25) is 5.02 Å². The van der Waals surface area contributed by atoms with Crippen molar-refractivity contribution in [2.24, 2.45) is 5.92 Å². The fraction of sp³-hybridized carbons (Fsp3) is 0.250. The van der Waals surface area contributed by atoms with Gasteiger partial charge in [-0.1, -0.05) is 23.7 Å². The molecule has 1 aliphatic rings. The van der Waals surface area contributed by atoms with Crippen molar-refractivity contribution in [1.29, 1.82) is 0 Å². The summed E-state index contributed by atoms with van der Waals surface area (Å²) in [7, 11) is 0. The summed E-state index contributed by atoms with van der Waals surface area (Å²) in [5.74, 6) is 1.07. The van der Waals surface area contributed by atoms with Gasteiger partial charge in [-0.25, -0.2) is 4.98 Å². The molecule has 0 spiro atoms. The van der Waals surface area contributed by atoms with Crippen LogP contribution in [0.25, 0.3) is 0 Å². The quantitative estimate of drug-likeness (QED) is 0.885. The number of aromatic nitrogens is 1. The van der Waals surface area contributed by atoms with Crippen LogP contribution in [0.5, 0.6) is 0 Å². The molecule has 108 valence electrons. The summed E-state index contributed by atoms with van der Waals surface area (Å²) in [6, 6.07) is 11.4. The second-order valence-electron chi connectivity index (χ2n) is 5.18. The normalized spacial score (nSPS) is 13.8. The maximum atomic E-state index is 11.6. The van der Waals surface area contributed by atoms with E-state index in [2.05, 4.69) is 15.6 Å². The predicted octanol–water partition coefficient (Wildman–Crippen LogP) is 3.70. The molecule has 0 unspecified atom stereocenters. The monoisotopic (exact) mass is 301 g/mol. The van der Waals surface area contributed by atoms with E-state index >= 15 is 0 Å². The molecule has 1 aromatic carbocycles. The maximum Gasteiger partial charge on any atom is 0.227 e. The number of hydrogen-bond donors (Lipinski definition) is 2. The Morgan fingerprint density at radius 2 is 1.95 bits per heavy atom. The van der Waals surface area contributed by atoms with Crippen LogP contribution >= 0.6 is 11.6 Å². The van der Waals surface area contributed by atoms with Crippen LogP contribution in [0.15, 0.2) is 42.6 Å². The molecule has 0 radical (unpaired) electrons. The summed E-state index contributed by atoms with van der Waals surface area (Å²) >= 11 is 5.85. The van der Waals surface area contributed by atoms with E-state index < -0.39 is 0 Å². The highest BCUT2D eigenvalue weighted by molar-refractivity contribution is 6.30. The molecule has 0 aliphatic heterocycles. The van der Waals surface area contributed by atoms with Crippen LogP contribution in [0.4, 0.5) is 11.5 Å². The van der Waals surface area contributed by atoms with Crippen molar-refractivity contribution in [3.63, 3.8) is 0 Å². The number of nitrogens with one attached hydrogen (secondary N) is 2. The molecule has 1 amide bonds. The number of carbonyl (C=O) groups excluding carboxylic acids is 1. The summed E-state index contributed by atoms with van der Waals surface area (Å²) in [5.41, 5.74) is 1.87. The van der Waals surface area contributed by atoms with Gasteiger partial charge in [0.2, 0.25) is 5.91 Å². The average molecular weight is 302 g/mol. The Morgan fingerprint density at radius 3 is 2.57 bits per heavy atom.